The quantitative estimate of drug-likeness (QED) is 0.464. The van der Waals surface area contributed by atoms with Crippen LogP contribution >= 0.6 is 11.3 Å². The largest absolute Gasteiger partial charge is 0.144 e. The molecule has 0 saturated carbocycles. The summed E-state index contributed by atoms with van der Waals surface area (Å²) >= 11 is 1.38. The molecule has 0 aliphatic carbocycles. The summed E-state index contributed by atoms with van der Waals surface area (Å²) < 4.78 is 11.2. The van der Waals surface area contributed by atoms with E-state index >= 15 is 0 Å². The van der Waals surface area contributed by atoms with Crippen LogP contribution in [0.25, 0.3) is 0 Å². The second-order valence-corrected chi connectivity index (χ2v) is 2.03. The smallest absolute Gasteiger partial charge is 0.111 e. The fourth-order valence-electron chi connectivity index (χ4n) is 0.354. The number of thiophene rings is 1. The van der Waals surface area contributed by atoms with Gasteiger partial charge < -0.3 is 0 Å². The van der Waals surface area contributed by atoms with Gasteiger partial charge in [-0.3, -0.25) is 0 Å². The molecule has 8 heavy (non-hydrogen) atoms. The van der Waals surface area contributed by atoms with Crippen molar-refractivity contribution in [3.8, 4) is 12.1 Å². The van der Waals surface area contributed by atoms with Crippen molar-refractivity contribution >= 4 is 11.3 Å². The summed E-state index contributed by atoms with van der Waals surface area (Å²) in [5.41, 5.74) is 0. The van der Waals surface area contributed by atoms with Gasteiger partial charge in [0.25, 0.3) is 0 Å². The lowest BCUT2D eigenvalue weighted by molar-refractivity contribution is 0.774. The number of rotatable bonds is 0. The van der Waals surface area contributed by atoms with Crippen molar-refractivity contribution in [2.75, 3.05) is 0 Å². The normalized spacial score (nSPS) is 7.62. The first-order valence-corrected chi connectivity index (χ1v) is 2.88. The Hall–Kier alpha value is -0.810. The lowest BCUT2D eigenvalue weighted by atomic mass is 10.5. The van der Waals surface area contributed by atoms with Gasteiger partial charge in [0.15, 0.2) is 0 Å². The Morgan fingerprint density at radius 2 is 2.62 bits per heavy atom. The molecule has 0 N–H and O–H groups in total. The molecule has 0 aromatic carbocycles. The van der Waals surface area contributed by atoms with Crippen LogP contribution in [0.15, 0.2) is 11.4 Å². The third kappa shape index (κ3) is 1.08. The molecular formula is C6H2FS. The van der Waals surface area contributed by atoms with E-state index in [4.69, 9.17) is 0 Å². The van der Waals surface area contributed by atoms with E-state index in [2.05, 4.69) is 12.0 Å². The summed E-state index contributed by atoms with van der Waals surface area (Å²) in [6.45, 7) is 0. The van der Waals surface area contributed by atoms with E-state index in [1.54, 1.807) is 11.4 Å². The maximum absolute atomic E-state index is 11.2. The highest BCUT2D eigenvalue weighted by Gasteiger charge is 1.82. The van der Waals surface area contributed by atoms with Crippen LogP contribution in [0.5, 0.6) is 0 Å². The van der Waals surface area contributed by atoms with Crippen LogP contribution in [0.4, 0.5) is 4.39 Å². The van der Waals surface area contributed by atoms with Crippen molar-refractivity contribution in [3.05, 3.63) is 22.4 Å². The van der Waals surface area contributed by atoms with Gasteiger partial charge in [-0.2, -0.15) is 0 Å². The van der Waals surface area contributed by atoms with E-state index in [0.717, 1.165) is 0 Å². The summed E-state index contributed by atoms with van der Waals surface area (Å²) in [4.78, 5) is 0.646. The van der Waals surface area contributed by atoms with Crippen LogP contribution in [0, 0.1) is 18.2 Å². The monoisotopic (exact) mass is 125 g/mol. The van der Waals surface area contributed by atoms with Crippen molar-refractivity contribution in [2.45, 2.75) is 0 Å². The van der Waals surface area contributed by atoms with Crippen molar-refractivity contribution in [1.29, 1.82) is 0 Å². The molecule has 0 unspecified atom stereocenters. The van der Waals surface area contributed by atoms with Crippen LogP contribution in [-0.2, 0) is 0 Å². The fourth-order valence-corrected chi connectivity index (χ4v) is 0.860. The first-order valence-electron chi connectivity index (χ1n) is 2.00. The van der Waals surface area contributed by atoms with E-state index < -0.39 is 0 Å². The zero-order valence-corrected chi connectivity index (χ0v) is 4.76. The topological polar surface area (TPSA) is 0 Å². The highest BCUT2D eigenvalue weighted by atomic mass is 32.1. The van der Waals surface area contributed by atoms with Gasteiger partial charge in [-0.05, 0) is 17.4 Å². The molecule has 0 bridgehead atoms. The van der Waals surface area contributed by atoms with Crippen LogP contribution in [0.3, 0.4) is 0 Å². The molecule has 0 atom stereocenters. The Kier molecular flexibility index (Phi) is 1.66. The Bertz CT molecular complexity index is 202. The van der Waals surface area contributed by atoms with Gasteiger partial charge >= 0.3 is 0 Å². The molecule has 1 rings (SSSR count). The van der Waals surface area contributed by atoms with E-state index in [9.17, 15) is 4.39 Å². The van der Waals surface area contributed by atoms with Gasteiger partial charge in [-0.1, -0.05) is 0 Å². The van der Waals surface area contributed by atoms with E-state index in [-0.39, 0.29) is 0 Å². The summed E-state index contributed by atoms with van der Waals surface area (Å²) in [6, 6.07) is 4.46. The van der Waals surface area contributed by atoms with Crippen molar-refractivity contribution in [2.24, 2.45) is 0 Å². The first kappa shape index (κ1) is 5.33. The minimum Gasteiger partial charge on any atom is -0.144 e. The maximum Gasteiger partial charge on any atom is 0.111 e. The van der Waals surface area contributed by atoms with Gasteiger partial charge in [0.1, 0.15) is 6.17 Å². The van der Waals surface area contributed by atoms with Crippen LogP contribution in [0.1, 0.15) is 4.88 Å². The maximum atomic E-state index is 11.2. The van der Waals surface area contributed by atoms with E-state index in [1.165, 1.54) is 17.5 Å². The van der Waals surface area contributed by atoms with Gasteiger partial charge in [0.2, 0.25) is 0 Å². The minimum atomic E-state index is 0.646. The second kappa shape index (κ2) is 2.49. The molecule has 1 radical (unpaired) electrons. The number of halogens is 1. The summed E-state index contributed by atoms with van der Waals surface area (Å²) in [5, 5.41) is 1.81. The fraction of sp³-hybridized carbons (Fsp3) is 0. The Labute approximate surface area is 51.0 Å². The molecule has 39 valence electrons. The van der Waals surface area contributed by atoms with Crippen molar-refractivity contribution in [1.82, 2.24) is 0 Å². The highest BCUT2D eigenvalue weighted by molar-refractivity contribution is 7.10. The predicted molar refractivity (Wildman–Crippen MR) is 31.1 cm³/mol. The average Bonchev–Trinajstić information content (AvgIpc) is 2.19. The Balaban J connectivity index is 2.88. The molecule has 0 spiro atoms. The zero-order chi connectivity index (χ0) is 5.82. The van der Waals surface area contributed by atoms with Gasteiger partial charge in [-0.25, -0.2) is 0 Å². The second-order valence-electron chi connectivity index (χ2n) is 1.11. The molecular weight excluding hydrogens is 123 g/mol. The molecule has 1 heterocycles. The van der Waals surface area contributed by atoms with Crippen molar-refractivity contribution < 1.29 is 4.39 Å². The number of hydrogen-bond acceptors (Lipinski definition) is 1. The first-order chi connectivity index (χ1) is 3.93. The lowest BCUT2D eigenvalue weighted by Crippen LogP contribution is -1.54. The van der Waals surface area contributed by atoms with E-state index in [1.807, 2.05) is 0 Å². The minimum absolute atomic E-state index is 0.646. The third-order valence-electron chi connectivity index (χ3n) is 0.629. The predicted octanol–water partition coefficient (Wildman–Crippen LogP) is 1.83. The van der Waals surface area contributed by atoms with E-state index in [0.29, 0.717) is 4.88 Å². The van der Waals surface area contributed by atoms with Crippen molar-refractivity contribution in [3.63, 3.8) is 0 Å². The highest BCUT2D eigenvalue weighted by Crippen LogP contribution is 2.03. The van der Waals surface area contributed by atoms with Gasteiger partial charge in [0.05, 0.1) is 4.88 Å². The number of hydrogen-bond donors (Lipinski definition) is 0. The van der Waals surface area contributed by atoms with Crippen LogP contribution < -0.4 is 0 Å². The molecule has 0 fully saturated rings. The van der Waals surface area contributed by atoms with Gasteiger partial charge in [0, 0.05) is 6.07 Å². The third-order valence-corrected chi connectivity index (χ3v) is 1.36. The molecule has 0 saturated heterocycles. The summed E-state index contributed by atoms with van der Waals surface area (Å²) in [6.07, 6.45) is 1.30. The molecule has 1 aromatic rings. The molecule has 1 aromatic heterocycles. The molecule has 0 aliphatic rings. The molecule has 0 amide bonds. The molecule has 2 heteroatoms. The summed E-state index contributed by atoms with van der Waals surface area (Å²) in [5.74, 6) is 2.23. The van der Waals surface area contributed by atoms with Crippen LogP contribution in [-0.4, -0.2) is 0 Å². The Morgan fingerprint density at radius 3 is 3.12 bits per heavy atom. The lowest BCUT2D eigenvalue weighted by Gasteiger charge is -1.66. The summed E-state index contributed by atoms with van der Waals surface area (Å²) in [7, 11) is 0. The van der Waals surface area contributed by atoms with Crippen LogP contribution in [0.2, 0.25) is 0 Å². The Morgan fingerprint density at radius 1 is 1.75 bits per heavy atom. The standard InChI is InChI=1S/C6H2FS/c7-4-3-6-2-1-5-8-6/h1,5H. The zero-order valence-electron chi connectivity index (χ0n) is 3.94. The molecule has 0 aliphatic heterocycles. The SMILES string of the molecule is FC#Cc1[c]ccs1. The molecule has 0 nitrogen and oxygen atoms in total. The average molecular weight is 125 g/mol. The van der Waals surface area contributed by atoms with Gasteiger partial charge in [-0.15, -0.1) is 15.7 Å².